The number of piperazine rings is 1. The van der Waals surface area contributed by atoms with E-state index in [0.717, 1.165) is 154 Å². The van der Waals surface area contributed by atoms with Crippen molar-refractivity contribution in [3.63, 3.8) is 0 Å². The Balaban J connectivity index is 0.000000407. The Morgan fingerprint density at radius 1 is 0.593 bits per heavy atom. The summed E-state index contributed by atoms with van der Waals surface area (Å²) in [4.78, 5) is 43.7. The summed E-state index contributed by atoms with van der Waals surface area (Å²) in [6, 6.07) is 20.4. The molecular weight excluding hydrogens is 1400 g/mol. The van der Waals surface area contributed by atoms with Crippen LogP contribution in [-0.4, -0.2) is 365 Å². The van der Waals surface area contributed by atoms with E-state index in [-0.39, 0.29) is 18.4 Å². The predicted octanol–water partition coefficient (Wildman–Crippen LogP) is 3.67. The molecule has 1 aliphatic carbocycles. The molecule has 618 valence electrons. The third-order valence-corrected chi connectivity index (χ3v) is 19.9. The quantitative estimate of drug-likeness (QED) is 0.0565. The first-order chi connectivity index (χ1) is 52.1. The minimum Gasteiger partial charge on any atom is -0.394 e. The van der Waals surface area contributed by atoms with Gasteiger partial charge in [-0.1, -0.05) is 42.3 Å². The number of alkyl halides is 3. The van der Waals surface area contributed by atoms with E-state index in [9.17, 15) is 22.8 Å². The number of carbonyl (C=O) groups excluding carboxylic acids is 2. The molecule has 0 spiro atoms. The van der Waals surface area contributed by atoms with Gasteiger partial charge in [-0.25, -0.2) is 4.98 Å². The molecule has 31 heteroatoms. The molecule has 1 aromatic carbocycles. The number of hydrogen-bond donors (Lipinski definition) is 11. The van der Waals surface area contributed by atoms with Gasteiger partial charge in [-0.3, -0.25) is 33.7 Å². The van der Waals surface area contributed by atoms with Crippen molar-refractivity contribution in [3.05, 3.63) is 85.1 Å². The summed E-state index contributed by atoms with van der Waals surface area (Å²) in [5.41, 5.74) is 3.44. The van der Waals surface area contributed by atoms with Crippen LogP contribution in [0.2, 0.25) is 0 Å². The minimum atomic E-state index is -4.06. The van der Waals surface area contributed by atoms with Crippen molar-refractivity contribution in [2.24, 2.45) is 0 Å². The number of ether oxygens (including phenoxy) is 1. The normalized spacial score (nSPS) is 19.7. The first kappa shape index (κ1) is 98.3. The van der Waals surface area contributed by atoms with Gasteiger partial charge in [0.15, 0.2) is 0 Å². The molecule has 2 amide bonds. The average molecular weight is 1550 g/mol. The number of nitrogens with zero attached hydrogens (tertiary/aromatic N) is 13. The number of halogens is 3. The Morgan fingerprint density at radius 2 is 1.10 bits per heavy atom. The van der Waals surface area contributed by atoms with Gasteiger partial charge in [0.1, 0.15) is 5.82 Å². The maximum absolute atomic E-state index is 11.0. The predicted molar refractivity (Wildman–Crippen MR) is 443 cm³/mol. The monoisotopic (exact) mass is 1540 g/mol. The molecule has 7 aliphatic heterocycles. The van der Waals surface area contributed by atoms with E-state index in [1.165, 1.54) is 109 Å². The Hall–Kier alpha value is -5.77. The molecule has 0 bridgehead atoms. The van der Waals surface area contributed by atoms with Crippen LogP contribution in [0.1, 0.15) is 64.4 Å². The maximum atomic E-state index is 11.0. The average Bonchev–Trinajstić information content (AvgIpc) is 1.62. The number of rotatable bonds is 20. The first-order valence-electron chi connectivity index (χ1n) is 38.9. The molecule has 11 N–H and O–H groups in total. The number of likely N-dealkylation sites (N-methyl/N-ethyl adjacent to an activating group) is 6. The molecule has 3 unspecified atom stereocenters. The topological polar surface area (TPSA) is 258 Å². The highest BCUT2D eigenvalue weighted by molar-refractivity contribution is 7.99. The van der Waals surface area contributed by atoms with Crippen LogP contribution in [-0.2, 0) is 34.0 Å². The number of morpholine rings is 1. The van der Waals surface area contributed by atoms with Crippen molar-refractivity contribution in [3.8, 4) is 12.3 Å². The lowest BCUT2D eigenvalue weighted by atomic mass is 10.1. The van der Waals surface area contributed by atoms with Crippen LogP contribution in [0.3, 0.4) is 0 Å². The second-order valence-corrected chi connectivity index (χ2v) is 28.7. The number of carbonyl (C=O) groups is 2. The second-order valence-electron chi connectivity index (χ2n) is 27.5. The summed E-state index contributed by atoms with van der Waals surface area (Å²) in [6.45, 7) is 29.0. The van der Waals surface area contributed by atoms with Crippen molar-refractivity contribution in [1.29, 1.82) is 0 Å². The van der Waals surface area contributed by atoms with Gasteiger partial charge in [-0.2, -0.15) is 35.1 Å². The number of benzene rings is 1. The summed E-state index contributed by atoms with van der Waals surface area (Å²) in [6.07, 6.45) is 19.6. The smallest absolute Gasteiger partial charge is 0.394 e. The second kappa shape index (κ2) is 61.8. The molecule has 4 aromatic rings. The largest absolute Gasteiger partial charge is 0.401 e. The van der Waals surface area contributed by atoms with Crippen molar-refractivity contribution < 1.29 is 32.6 Å². The van der Waals surface area contributed by atoms with Crippen LogP contribution in [0.4, 0.5) is 30.4 Å². The van der Waals surface area contributed by atoms with Gasteiger partial charge in [0.25, 0.3) is 0 Å². The number of likely N-dealkylation sites (tertiary alicyclic amines) is 4. The molecule has 27 nitrogen and oxygen atoms in total. The summed E-state index contributed by atoms with van der Waals surface area (Å²) >= 11 is 2.06. The number of aliphatic hydroxyl groups is 1. The summed E-state index contributed by atoms with van der Waals surface area (Å²) < 4.78 is 41.8. The molecule has 1 saturated carbocycles. The van der Waals surface area contributed by atoms with Crippen molar-refractivity contribution in [2.45, 2.75) is 115 Å². The number of thioether (sulfide) groups is 1. The number of aliphatic hydroxyl groups excluding tert-OH is 1. The number of nitrogens with one attached hydrogen (secondary N) is 10. The van der Waals surface area contributed by atoms with Gasteiger partial charge < -0.3 is 87.5 Å². The molecule has 3 aromatic heterocycles. The standard InChI is InChI=1S/C12H18N2.C10H15N3.C9H18N2.C8H14N2.C7H14N4.C7H14N2O.C7H16N2O.C6H11N3O.C5H11NS.C3H6F3N.C3H7NO/c1-13-12-7-8-14(10-12)9-11-5-3-2-4-6-11;1-12-6-8-13(9-7-12)10-4-2-3-5-11-10;1-10-8-4-6-11(7-5-8)9-2-3-9;1-3-5-10-6-4-8(7-10)9-2;1-8-3-4-11-6-7(9-2)5-10-11;1-6(10)9-4-3-7(5-9)8-2;1-8-2-3-9-4-6-10-7-5-9;1-7-6-4-8-9(5-6)2-3-10;1-6-2-4-7-5-3-6;1-7-2-3(4,5)6;1-3(5)4-2/h2-6,12-13H,7-10H2,1H3;2-5H,6-9H2,1H3;8-10H,2-7H2,1H3;1,8-9H,4-7H2,2H3;5-6,8-9H,3-4H2,1-2H3;7-8H,3-5H2,1-2H3;8H,2-7H2,1H3;4-5,7,10H,2-3H2,1H3;2-5H2,1H3;7H,2H2,1H3;1-2H3,(H,4,5). The summed E-state index contributed by atoms with van der Waals surface area (Å²) in [5, 5.41) is 46.2. The van der Waals surface area contributed by atoms with Crippen LogP contribution in [0.5, 0.6) is 0 Å². The van der Waals surface area contributed by atoms with E-state index in [4.69, 9.17) is 16.3 Å². The van der Waals surface area contributed by atoms with Gasteiger partial charge in [0.05, 0.1) is 69.8 Å². The highest BCUT2D eigenvalue weighted by Crippen LogP contribution is 2.29. The highest BCUT2D eigenvalue weighted by atomic mass is 32.2. The number of amides is 2. The highest BCUT2D eigenvalue weighted by Gasteiger charge is 2.31. The molecule has 8 fully saturated rings. The van der Waals surface area contributed by atoms with E-state index in [0.29, 0.717) is 24.7 Å². The van der Waals surface area contributed by atoms with Gasteiger partial charge in [-0.05, 0) is 139 Å². The van der Waals surface area contributed by atoms with Crippen LogP contribution in [0.15, 0.2) is 79.5 Å². The van der Waals surface area contributed by atoms with Crippen molar-refractivity contribution in [1.82, 2.24) is 101 Å². The van der Waals surface area contributed by atoms with Crippen molar-refractivity contribution >= 4 is 40.8 Å². The molecule has 8 aliphatic rings. The zero-order valence-electron chi connectivity index (χ0n) is 68.5. The van der Waals surface area contributed by atoms with Crippen LogP contribution >= 0.6 is 11.8 Å². The summed E-state index contributed by atoms with van der Waals surface area (Å²) in [7, 11) is 22.9. The number of aromatic nitrogens is 5. The van der Waals surface area contributed by atoms with Crippen molar-refractivity contribution in [2.75, 3.05) is 269 Å². The Labute approximate surface area is 652 Å². The van der Waals surface area contributed by atoms with Crippen LogP contribution in [0, 0.1) is 12.3 Å². The number of piperidine rings is 1. The lowest BCUT2D eigenvalue weighted by Crippen LogP contribution is -2.44. The lowest BCUT2D eigenvalue weighted by Gasteiger charge is -2.33. The van der Waals surface area contributed by atoms with E-state index in [1.54, 1.807) is 24.9 Å². The molecular formula is C77H144F3N23O4S. The van der Waals surface area contributed by atoms with E-state index < -0.39 is 12.7 Å². The van der Waals surface area contributed by atoms with Gasteiger partial charge >= 0.3 is 6.18 Å². The number of terminal acetylenes is 1. The van der Waals surface area contributed by atoms with Gasteiger partial charge in [0.2, 0.25) is 11.8 Å². The van der Waals surface area contributed by atoms with E-state index >= 15 is 0 Å². The number of pyridine rings is 1. The Kier molecular flexibility index (Phi) is 56.3. The molecule has 108 heavy (non-hydrogen) atoms. The fourth-order valence-corrected chi connectivity index (χ4v) is 12.8. The summed E-state index contributed by atoms with van der Waals surface area (Å²) in [5.74, 6) is 6.62. The molecule has 10 heterocycles. The van der Waals surface area contributed by atoms with Gasteiger partial charge in [0, 0.05) is 213 Å². The SMILES string of the molecule is C#CCN1CCC(NC)C1.CN1CCN(c2ccccn2)CC1.CN1CCSCC1.CNC(C)=O.CNC1CCN(C(C)=O)C1.CNC1CCN(C2CC2)CC1.CNC1CCN(Cc2ccccc2)C1.CNCC(F)(F)F.CNCCN1CCOCC1.CNCCn1cc(NC)cn1.CNc1cnn(CCO)c1. The minimum absolute atomic E-state index is 0.00463. The molecule has 0 radical (unpaired) electrons. The maximum Gasteiger partial charge on any atom is 0.401 e. The third-order valence-electron chi connectivity index (χ3n) is 19.0. The zero-order valence-corrected chi connectivity index (χ0v) is 69.3. The fourth-order valence-electron chi connectivity index (χ4n) is 11.8. The van der Waals surface area contributed by atoms with E-state index in [1.807, 2.05) is 94.1 Å². The molecule has 3 atom stereocenters. The molecule has 7 saturated heterocycles. The first-order valence-corrected chi connectivity index (χ1v) is 40.0. The number of hydrogen-bond acceptors (Lipinski definition) is 24. The number of anilines is 3. The molecule has 12 rings (SSSR count). The van der Waals surface area contributed by atoms with Gasteiger partial charge in [-0.15, -0.1) is 6.42 Å². The zero-order chi connectivity index (χ0) is 79.6. The lowest BCUT2D eigenvalue weighted by molar-refractivity contribution is -0.128. The van der Waals surface area contributed by atoms with E-state index in [2.05, 4.69) is 180 Å². The Bertz CT molecular complexity index is 2800. The third kappa shape index (κ3) is 48.8. The fraction of sp³-hybridized carbons (Fsp3) is 0.727. The van der Waals surface area contributed by atoms with Crippen LogP contribution in [0.25, 0.3) is 0 Å². The van der Waals surface area contributed by atoms with Crippen LogP contribution < -0.4 is 58.1 Å². The Morgan fingerprint density at radius 3 is 1.52 bits per heavy atom.